The van der Waals surface area contributed by atoms with Crippen LogP contribution >= 0.6 is 11.8 Å². The van der Waals surface area contributed by atoms with Crippen LogP contribution in [0.15, 0.2) is 29.4 Å². The highest BCUT2D eigenvalue weighted by atomic mass is 32.2. The molecule has 0 bridgehead atoms. The van der Waals surface area contributed by atoms with Crippen LogP contribution in [0.1, 0.15) is 32.3 Å². The molecule has 1 aromatic heterocycles. The van der Waals surface area contributed by atoms with Crippen LogP contribution in [0, 0.1) is 12.3 Å². The molecule has 0 saturated heterocycles. The van der Waals surface area contributed by atoms with Gasteiger partial charge >= 0.3 is 0 Å². The van der Waals surface area contributed by atoms with E-state index in [0.29, 0.717) is 23.8 Å². The van der Waals surface area contributed by atoms with Gasteiger partial charge in [-0.15, -0.1) is 5.10 Å². The van der Waals surface area contributed by atoms with Gasteiger partial charge in [-0.05, 0) is 12.3 Å². The van der Waals surface area contributed by atoms with Gasteiger partial charge in [0.15, 0.2) is 22.5 Å². The minimum atomic E-state index is -1.27. The number of ketones is 1. The average molecular weight is 329 g/mol. The zero-order chi connectivity index (χ0) is 16.4. The van der Waals surface area contributed by atoms with Crippen molar-refractivity contribution in [1.82, 2.24) is 14.8 Å². The maximum Gasteiger partial charge on any atom is 0.190 e. The van der Waals surface area contributed by atoms with Gasteiger partial charge < -0.3 is 5.11 Å². The van der Waals surface area contributed by atoms with Crippen LogP contribution in [0.25, 0.3) is 11.4 Å². The number of fused-ring (bicyclic) bond motifs is 3. The third-order valence-corrected chi connectivity index (χ3v) is 5.93. The Morgan fingerprint density at radius 2 is 2.00 bits per heavy atom. The number of Topliss-reactive ketones (excluding diaryl/α,β-unsaturated/α-hetero) is 1. The zero-order valence-corrected chi connectivity index (χ0v) is 14.2. The molecule has 0 unspecified atom stereocenters. The molecule has 6 heteroatoms. The Morgan fingerprint density at radius 1 is 1.30 bits per heavy atom. The molecule has 1 saturated carbocycles. The number of hydrogen-bond acceptors (Lipinski definition) is 5. The first-order valence-corrected chi connectivity index (χ1v) is 8.63. The lowest BCUT2D eigenvalue weighted by atomic mass is 9.72. The van der Waals surface area contributed by atoms with E-state index in [1.54, 1.807) is 4.68 Å². The second-order valence-electron chi connectivity index (χ2n) is 7.36. The molecule has 2 atom stereocenters. The molecule has 1 aliphatic carbocycles. The molecule has 120 valence electrons. The summed E-state index contributed by atoms with van der Waals surface area (Å²) in [6, 6.07) is 7.98. The topological polar surface area (TPSA) is 68.0 Å². The van der Waals surface area contributed by atoms with Gasteiger partial charge in [-0.3, -0.25) is 4.79 Å². The number of aryl methyl sites for hydroxylation is 1. The van der Waals surface area contributed by atoms with E-state index in [9.17, 15) is 9.90 Å². The number of rotatable bonds is 1. The lowest BCUT2D eigenvalue weighted by molar-refractivity contribution is -0.146. The minimum absolute atomic E-state index is 0.0814. The summed E-state index contributed by atoms with van der Waals surface area (Å²) in [5.74, 6) is 0.674. The van der Waals surface area contributed by atoms with Crippen LogP contribution in [-0.2, 0) is 10.5 Å². The third kappa shape index (κ3) is 2.23. The fourth-order valence-corrected chi connectivity index (χ4v) is 4.82. The van der Waals surface area contributed by atoms with Crippen LogP contribution in [-0.4, -0.2) is 30.9 Å². The van der Waals surface area contributed by atoms with Crippen molar-refractivity contribution in [2.45, 2.75) is 49.7 Å². The van der Waals surface area contributed by atoms with Crippen molar-refractivity contribution >= 4 is 17.5 Å². The van der Waals surface area contributed by atoms with E-state index in [-0.39, 0.29) is 11.2 Å². The number of aromatic nitrogens is 3. The highest BCUT2D eigenvalue weighted by molar-refractivity contribution is 8.00. The second kappa shape index (κ2) is 4.68. The predicted molar refractivity (Wildman–Crippen MR) is 88.1 cm³/mol. The fourth-order valence-electron chi connectivity index (χ4n) is 3.58. The van der Waals surface area contributed by atoms with Gasteiger partial charge in [0, 0.05) is 18.4 Å². The first-order chi connectivity index (χ1) is 10.8. The minimum Gasteiger partial charge on any atom is -0.368 e. The number of thioether (sulfide) groups is 1. The molecule has 1 aromatic carbocycles. The molecule has 2 heterocycles. The molecule has 5 nitrogen and oxygen atoms in total. The Hall–Kier alpha value is -1.66. The SMILES string of the molecule is Cc1ccc(-c2nc3n(n2)[C@@]2(O)CC(C)(C)CC(=O)[C@@H]2S3)cc1. The highest BCUT2D eigenvalue weighted by Crippen LogP contribution is 2.52. The summed E-state index contributed by atoms with van der Waals surface area (Å²) >= 11 is 1.34. The van der Waals surface area contributed by atoms with Crippen molar-refractivity contribution < 1.29 is 9.90 Å². The monoisotopic (exact) mass is 329 g/mol. The van der Waals surface area contributed by atoms with Gasteiger partial charge in [-0.25, -0.2) is 9.67 Å². The summed E-state index contributed by atoms with van der Waals surface area (Å²) in [5.41, 5.74) is 0.586. The summed E-state index contributed by atoms with van der Waals surface area (Å²) in [6.45, 7) is 6.06. The molecular formula is C17H19N3O2S. The van der Waals surface area contributed by atoms with E-state index in [2.05, 4.69) is 10.1 Å². The zero-order valence-electron chi connectivity index (χ0n) is 13.4. The molecule has 0 spiro atoms. The summed E-state index contributed by atoms with van der Waals surface area (Å²) in [5, 5.41) is 15.9. The summed E-state index contributed by atoms with van der Waals surface area (Å²) in [6.07, 6.45) is 0.996. The first-order valence-electron chi connectivity index (χ1n) is 7.75. The molecule has 23 heavy (non-hydrogen) atoms. The lowest BCUT2D eigenvalue weighted by Gasteiger charge is -2.41. The lowest BCUT2D eigenvalue weighted by Crippen LogP contribution is -2.52. The Bertz CT molecular complexity index is 797. The maximum absolute atomic E-state index is 12.4. The summed E-state index contributed by atoms with van der Waals surface area (Å²) < 4.78 is 1.57. The Morgan fingerprint density at radius 3 is 2.70 bits per heavy atom. The van der Waals surface area contributed by atoms with Crippen LogP contribution < -0.4 is 0 Å². The van der Waals surface area contributed by atoms with Gasteiger partial charge in [0.2, 0.25) is 0 Å². The van der Waals surface area contributed by atoms with E-state index in [4.69, 9.17) is 0 Å². The quantitative estimate of drug-likeness (QED) is 0.871. The maximum atomic E-state index is 12.4. The standard InChI is InChI=1S/C17H19N3O2S/c1-10-4-6-11(7-5-10)14-18-15-20(19-14)17(22)9-16(2,3)8-12(21)13(17)23-15/h4-7,13,22H,8-9H2,1-3H3/t13-,17+/m0/s1. The smallest absolute Gasteiger partial charge is 0.190 e. The van der Waals surface area contributed by atoms with E-state index in [1.165, 1.54) is 17.3 Å². The van der Waals surface area contributed by atoms with Crippen LogP contribution in [0.5, 0.6) is 0 Å². The molecular weight excluding hydrogens is 310 g/mol. The normalized spacial score (nSPS) is 28.5. The number of nitrogens with zero attached hydrogens (tertiary/aromatic N) is 3. The predicted octanol–water partition coefficient (Wildman–Crippen LogP) is 2.76. The van der Waals surface area contributed by atoms with Crippen LogP contribution in [0.2, 0.25) is 0 Å². The van der Waals surface area contributed by atoms with Crippen molar-refractivity contribution in [3.63, 3.8) is 0 Å². The van der Waals surface area contributed by atoms with Gasteiger partial charge in [-0.1, -0.05) is 55.4 Å². The number of carbonyl (C=O) groups excluding carboxylic acids is 1. The van der Waals surface area contributed by atoms with E-state index < -0.39 is 11.0 Å². The van der Waals surface area contributed by atoms with Crippen molar-refractivity contribution in [2.75, 3.05) is 0 Å². The Kier molecular flexibility index (Phi) is 3.03. The Labute approximate surface area is 139 Å². The molecule has 1 N–H and O–H groups in total. The van der Waals surface area contributed by atoms with Crippen molar-refractivity contribution in [2.24, 2.45) is 5.41 Å². The molecule has 2 aliphatic rings. The molecule has 0 radical (unpaired) electrons. The largest absolute Gasteiger partial charge is 0.368 e. The molecule has 1 aliphatic heterocycles. The Balaban J connectivity index is 1.77. The van der Waals surface area contributed by atoms with E-state index in [0.717, 1.165) is 5.56 Å². The van der Waals surface area contributed by atoms with Gasteiger partial charge in [0.1, 0.15) is 5.25 Å². The van der Waals surface area contributed by atoms with E-state index >= 15 is 0 Å². The van der Waals surface area contributed by atoms with Gasteiger partial charge in [-0.2, -0.15) is 0 Å². The third-order valence-electron chi connectivity index (χ3n) is 4.58. The molecule has 1 fully saturated rings. The van der Waals surface area contributed by atoms with Crippen LogP contribution in [0.3, 0.4) is 0 Å². The number of carbonyl (C=O) groups is 1. The number of aliphatic hydroxyl groups is 1. The van der Waals surface area contributed by atoms with Gasteiger partial charge in [0.05, 0.1) is 0 Å². The highest BCUT2D eigenvalue weighted by Gasteiger charge is 2.58. The average Bonchev–Trinajstić information content (AvgIpc) is 2.97. The summed E-state index contributed by atoms with van der Waals surface area (Å²) in [4.78, 5) is 17.0. The second-order valence-corrected chi connectivity index (χ2v) is 8.43. The van der Waals surface area contributed by atoms with Crippen LogP contribution in [0.4, 0.5) is 0 Å². The van der Waals surface area contributed by atoms with E-state index in [1.807, 2.05) is 45.0 Å². The van der Waals surface area contributed by atoms with Crippen molar-refractivity contribution in [1.29, 1.82) is 0 Å². The first kappa shape index (κ1) is 14.9. The summed E-state index contributed by atoms with van der Waals surface area (Å²) in [7, 11) is 0. The fraction of sp³-hybridized carbons (Fsp3) is 0.471. The van der Waals surface area contributed by atoms with Crippen molar-refractivity contribution in [3.05, 3.63) is 29.8 Å². The molecule has 4 rings (SSSR count). The number of hydrogen-bond donors (Lipinski definition) is 1. The number of benzene rings is 1. The molecule has 0 amide bonds. The molecule has 2 aromatic rings. The van der Waals surface area contributed by atoms with Crippen molar-refractivity contribution in [3.8, 4) is 11.4 Å². The van der Waals surface area contributed by atoms with Gasteiger partial charge in [0.25, 0.3) is 0 Å².